The standard InChI is InChI=1S/C19H27NO3/c1-2-19(22)9-8-18(19)10-12-20(13-11-18)17(21)15-23-14-16-6-4-3-5-7-16/h3-7,22H,2,8-15H2,1H3. The van der Waals surface area contributed by atoms with Crippen LogP contribution in [0.4, 0.5) is 0 Å². The van der Waals surface area contributed by atoms with E-state index >= 15 is 0 Å². The van der Waals surface area contributed by atoms with E-state index < -0.39 is 5.60 Å². The largest absolute Gasteiger partial charge is 0.389 e. The summed E-state index contributed by atoms with van der Waals surface area (Å²) >= 11 is 0. The lowest BCUT2D eigenvalue weighted by molar-refractivity contribution is -0.193. The van der Waals surface area contributed by atoms with Crippen LogP contribution in [0.15, 0.2) is 30.3 Å². The van der Waals surface area contributed by atoms with Gasteiger partial charge >= 0.3 is 0 Å². The Kier molecular flexibility index (Phi) is 4.74. The molecule has 1 atom stereocenters. The summed E-state index contributed by atoms with van der Waals surface area (Å²) in [4.78, 5) is 14.2. The van der Waals surface area contributed by atoms with Crippen molar-refractivity contribution in [2.45, 2.75) is 51.2 Å². The van der Waals surface area contributed by atoms with Gasteiger partial charge in [0, 0.05) is 18.5 Å². The maximum Gasteiger partial charge on any atom is 0.248 e. The molecule has 0 aromatic heterocycles. The van der Waals surface area contributed by atoms with E-state index in [1.54, 1.807) is 0 Å². The molecule has 2 aliphatic rings. The molecule has 0 radical (unpaired) electrons. The highest BCUT2D eigenvalue weighted by Crippen LogP contribution is 2.57. The van der Waals surface area contributed by atoms with Gasteiger partial charge in [0.05, 0.1) is 12.2 Å². The van der Waals surface area contributed by atoms with Crippen LogP contribution >= 0.6 is 0 Å². The maximum absolute atomic E-state index is 12.3. The highest BCUT2D eigenvalue weighted by Gasteiger charge is 2.57. The summed E-state index contributed by atoms with van der Waals surface area (Å²) in [5.74, 6) is 0.0649. The number of aliphatic hydroxyl groups is 1. The molecule has 23 heavy (non-hydrogen) atoms. The Labute approximate surface area is 138 Å². The van der Waals surface area contributed by atoms with E-state index in [4.69, 9.17) is 4.74 Å². The molecule has 1 aliphatic carbocycles. The molecular formula is C19H27NO3. The summed E-state index contributed by atoms with van der Waals surface area (Å²) in [6.07, 6.45) is 4.67. The second-order valence-electron chi connectivity index (χ2n) is 7.02. The molecule has 3 rings (SSSR count). The normalized spacial score (nSPS) is 26.1. The highest BCUT2D eigenvalue weighted by atomic mass is 16.5. The second kappa shape index (κ2) is 6.62. The number of piperidine rings is 1. The fourth-order valence-corrected chi connectivity index (χ4v) is 4.14. The van der Waals surface area contributed by atoms with Crippen molar-refractivity contribution in [3.05, 3.63) is 35.9 Å². The van der Waals surface area contributed by atoms with Crippen molar-refractivity contribution in [1.82, 2.24) is 4.90 Å². The minimum atomic E-state index is -0.494. The first-order valence-electron chi connectivity index (χ1n) is 8.70. The molecule has 1 saturated carbocycles. The van der Waals surface area contributed by atoms with Crippen molar-refractivity contribution >= 4 is 5.91 Å². The molecule has 4 heteroatoms. The minimum Gasteiger partial charge on any atom is -0.389 e. The van der Waals surface area contributed by atoms with Crippen molar-refractivity contribution in [3.8, 4) is 0 Å². The van der Waals surface area contributed by atoms with Gasteiger partial charge in [0.25, 0.3) is 0 Å². The first kappa shape index (κ1) is 16.5. The van der Waals surface area contributed by atoms with Crippen LogP contribution in [0, 0.1) is 5.41 Å². The zero-order valence-corrected chi connectivity index (χ0v) is 14.0. The summed E-state index contributed by atoms with van der Waals surface area (Å²) in [6.45, 7) is 4.17. The number of hydrogen-bond acceptors (Lipinski definition) is 3. The first-order chi connectivity index (χ1) is 11.1. The Hall–Kier alpha value is -1.39. The van der Waals surface area contributed by atoms with E-state index in [2.05, 4.69) is 6.92 Å². The molecule has 0 bridgehead atoms. The Balaban J connectivity index is 1.44. The quantitative estimate of drug-likeness (QED) is 0.908. The Morgan fingerprint density at radius 3 is 2.43 bits per heavy atom. The van der Waals surface area contributed by atoms with Gasteiger partial charge in [-0.25, -0.2) is 0 Å². The zero-order valence-electron chi connectivity index (χ0n) is 14.0. The van der Waals surface area contributed by atoms with Crippen LogP contribution in [0.1, 0.15) is 44.6 Å². The van der Waals surface area contributed by atoms with E-state index in [-0.39, 0.29) is 17.9 Å². The molecule has 4 nitrogen and oxygen atoms in total. The summed E-state index contributed by atoms with van der Waals surface area (Å²) in [5.41, 5.74) is 0.649. The molecule has 126 valence electrons. The number of likely N-dealkylation sites (tertiary alicyclic amines) is 1. The zero-order chi connectivity index (χ0) is 16.3. The van der Waals surface area contributed by atoms with Crippen LogP contribution < -0.4 is 0 Å². The van der Waals surface area contributed by atoms with Crippen molar-refractivity contribution < 1.29 is 14.6 Å². The Bertz CT molecular complexity index is 533. The fraction of sp³-hybridized carbons (Fsp3) is 0.632. The number of amides is 1. The summed E-state index contributed by atoms with van der Waals surface area (Å²) in [5, 5.41) is 10.7. The molecule has 1 unspecified atom stereocenters. The Morgan fingerprint density at radius 2 is 1.87 bits per heavy atom. The van der Waals surface area contributed by atoms with Crippen molar-refractivity contribution in [2.24, 2.45) is 5.41 Å². The van der Waals surface area contributed by atoms with Crippen LogP contribution in [-0.2, 0) is 16.1 Å². The van der Waals surface area contributed by atoms with Gasteiger partial charge in [0.15, 0.2) is 0 Å². The van der Waals surface area contributed by atoms with Crippen LogP contribution in [-0.4, -0.2) is 41.2 Å². The van der Waals surface area contributed by atoms with Crippen LogP contribution in [0.3, 0.4) is 0 Å². The highest BCUT2D eigenvalue weighted by molar-refractivity contribution is 5.77. The molecule has 1 aromatic rings. The molecule has 1 N–H and O–H groups in total. The molecule has 2 fully saturated rings. The molecule has 1 amide bonds. The first-order valence-corrected chi connectivity index (χ1v) is 8.70. The minimum absolute atomic E-state index is 0.0590. The van der Waals surface area contributed by atoms with Gasteiger partial charge < -0.3 is 14.7 Å². The van der Waals surface area contributed by atoms with Crippen molar-refractivity contribution in [2.75, 3.05) is 19.7 Å². The van der Waals surface area contributed by atoms with Crippen LogP contribution in [0.5, 0.6) is 0 Å². The number of rotatable bonds is 5. The van der Waals surface area contributed by atoms with E-state index in [1.165, 1.54) is 0 Å². The van der Waals surface area contributed by atoms with Crippen LogP contribution in [0.25, 0.3) is 0 Å². The predicted molar refractivity (Wildman–Crippen MR) is 88.8 cm³/mol. The predicted octanol–water partition coefficient (Wildman–Crippen LogP) is 2.75. The third-order valence-electron chi connectivity index (χ3n) is 6.00. The van der Waals surface area contributed by atoms with E-state index in [1.807, 2.05) is 35.2 Å². The number of ether oxygens (including phenoxy) is 1. The number of nitrogens with zero attached hydrogens (tertiary/aromatic N) is 1. The lowest BCUT2D eigenvalue weighted by Crippen LogP contribution is -2.61. The molecule has 1 aromatic carbocycles. The second-order valence-corrected chi connectivity index (χ2v) is 7.02. The van der Waals surface area contributed by atoms with Gasteiger partial charge in [-0.2, -0.15) is 0 Å². The summed E-state index contributed by atoms with van der Waals surface area (Å²) < 4.78 is 5.55. The van der Waals surface area contributed by atoms with E-state index in [0.717, 1.165) is 50.8 Å². The maximum atomic E-state index is 12.3. The smallest absolute Gasteiger partial charge is 0.248 e. The topological polar surface area (TPSA) is 49.8 Å². The monoisotopic (exact) mass is 317 g/mol. The fourth-order valence-electron chi connectivity index (χ4n) is 4.14. The van der Waals surface area contributed by atoms with Crippen molar-refractivity contribution in [1.29, 1.82) is 0 Å². The average Bonchev–Trinajstić information content (AvgIpc) is 2.61. The van der Waals surface area contributed by atoms with Gasteiger partial charge in [-0.05, 0) is 37.7 Å². The molecular weight excluding hydrogens is 290 g/mol. The molecule has 1 aliphatic heterocycles. The lowest BCUT2D eigenvalue weighted by Gasteiger charge is -2.59. The van der Waals surface area contributed by atoms with E-state index in [0.29, 0.717) is 6.61 Å². The third-order valence-corrected chi connectivity index (χ3v) is 6.00. The van der Waals surface area contributed by atoms with Gasteiger partial charge in [0.1, 0.15) is 6.61 Å². The molecule has 1 saturated heterocycles. The molecule has 1 spiro atoms. The van der Waals surface area contributed by atoms with Gasteiger partial charge in [-0.3, -0.25) is 4.79 Å². The average molecular weight is 317 g/mol. The SMILES string of the molecule is CCC1(O)CCC12CCN(C(=O)COCc1ccccc1)CC2. The van der Waals surface area contributed by atoms with Gasteiger partial charge in [0.2, 0.25) is 5.91 Å². The van der Waals surface area contributed by atoms with Crippen LogP contribution in [0.2, 0.25) is 0 Å². The van der Waals surface area contributed by atoms with E-state index in [9.17, 15) is 9.90 Å². The third kappa shape index (κ3) is 3.15. The van der Waals surface area contributed by atoms with Crippen molar-refractivity contribution in [3.63, 3.8) is 0 Å². The lowest BCUT2D eigenvalue weighted by atomic mass is 9.51. The van der Waals surface area contributed by atoms with Gasteiger partial charge in [-0.1, -0.05) is 37.3 Å². The summed E-state index contributed by atoms with van der Waals surface area (Å²) in [7, 11) is 0. The number of benzene rings is 1. The number of carbonyl (C=O) groups excluding carboxylic acids is 1. The number of carbonyl (C=O) groups is 1. The van der Waals surface area contributed by atoms with Gasteiger partial charge in [-0.15, -0.1) is 0 Å². The Morgan fingerprint density at radius 1 is 1.17 bits per heavy atom. The molecule has 1 heterocycles. The summed E-state index contributed by atoms with van der Waals surface area (Å²) in [6, 6.07) is 9.90. The number of hydrogen-bond donors (Lipinski definition) is 1.